The van der Waals surface area contributed by atoms with Gasteiger partial charge >= 0.3 is 0 Å². The van der Waals surface area contributed by atoms with Crippen LogP contribution in [0.15, 0.2) is 24.3 Å². The molecule has 0 amide bonds. The molecular formula is C15H22Cl2N2. The van der Waals surface area contributed by atoms with Gasteiger partial charge in [0.05, 0.1) is 0 Å². The quantitative estimate of drug-likeness (QED) is 0.908. The van der Waals surface area contributed by atoms with Crippen LogP contribution < -0.4 is 5.73 Å². The number of fused-ring (bicyclic) bond motifs is 1. The van der Waals surface area contributed by atoms with Crippen molar-refractivity contribution in [3.63, 3.8) is 0 Å². The van der Waals surface area contributed by atoms with Crippen molar-refractivity contribution in [1.82, 2.24) is 4.90 Å². The summed E-state index contributed by atoms with van der Waals surface area (Å²) in [6.45, 7) is 3.32. The van der Waals surface area contributed by atoms with Gasteiger partial charge in [-0.2, -0.15) is 0 Å². The van der Waals surface area contributed by atoms with Crippen molar-refractivity contribution in [2.45, 2.75) is 31.8 Å². The minimum absolute atomic E-state index is 0. The number of hydrogen-bond acceptors (Lipinski definition) is 2. The Bertz CT molecular complexity index is 424. The van der Waals surface area contributed by atoms with Crippen LogP contribution in [-0.2, 0) is 6.54 Å². The summed E-state index contributed by atoms with van der Waals surface area (Å²) in [7, 11) is 0. The SMILES string of the molecule is Cl.NC1CCCC2CN(Cc3ccccc3Cl)CC12. The van der Waals surface area contributed by atoms with E-state index in [1.54, 1.807) is 0 Å². The zero-order valence-electron chi connectivity index (χ0n) is 11.1. The van der Waals surface area contributed by atoms with Crippen LogP contribution in [0.25, 0.3) is 0 Å². The third kappa shape index (κ3) is 3.25. The lowest BCUT2D eigenvalue weighted by atomic mass is 9.78. The lowest BCUT2D eigenvalue weighted by molar-refractivity contribution is 0.259. The van der Waals surface area contributed by atoms with Crippen LogP contribution in [0.2, 0.25) is 5.02 Å². The molecule has 1 aliphatic carbocycles. The van der Waals surface area contributed by atoms with Crippen LogP contribution in [0.3, 0.4) is 0 Å². The molecule has 0 radical (unpaired) electrons. The number of halogens is 2. The number of likely N-dealkylation sites (tertiary alicyclic amines) is 1. The normalized spacial score (nSPS) is 30.7. The van der Waals surface area contributed by atoms with E-state index in [4.69, 9.17) is 17.3 Å². The summed E-state index contributed by atoms with van der Waals surface area (Å²) in [4.78, 5) is 2.53. The summed E-state index contributed by atoms with van der Waals surface area (Å²) in [5, 5.41) is 0.886. The van der Waals surface area contributed by atoms with E-state index < -0.39 is 0 Å². The highest BCUT2D eigenvalue weighted by molar-refractivity contribution is 6.31. The van der Waals surface area contributed by atoms with Crippen molar-refractivity contribution in [3.05, 3.63) is 34.9 Å². The molecule has 106 valence electrons. The van der Waals surface area contributed by atoms with E-state index >= 15 is 0 Å². The lowest BCUT2D eigenvalue weighted by Crippen LogP contribution is -2.38. The second kappa shape index (κ2) is 6.45. The molecule has 0 aromatic heterocycles. The first kappa shape index (κ1) is 15.1. The molecule has 1 aromatic carbocycles. The van der Waals surface area contributed by atoms with Gasteiger partial charge in [-0.25, -0.2) is 0 Å². The molecule has 1 saturated carbocycles. The summed E-state index contributed by atoms with van der Waals surface area (Å²) in [6.07, 6.45) is 3.88. The number of benzene rings is 1. The molecule has 3 unspecified atom stereocenters. The van der Waals surface area contributed by atoms with E-state index in [9.17, 15) is 0 Å². The summed E-state index contributed by atoms with van der Waals surface area (Å²) in [5.41, 5.74) is 7.49. The van der Waals surface area contributed by atoms with Gasteiger partial charge in [-0.3, -0.25) is 4.90 Å². The van der Waals surface area contributed by atoms with E-state index in [2.05, 4.69) is 17.0 Å². The van der Waals surface area contributed by atoms with Gasteiger partial charge in [0.25, 0.3) is 0 Å². The van der Waals surface area contributed by atoms with Gasteiger partial charge in [-0.05, 0) is 36.3 Å². The third-order valence-corrected chi connectivity index (χ3v) is 4.95. The van der Waals surface area contributed by atoms with E-state index in [-0.39, 0.29) is 12.4 Å². The van der Waals surface area contributed by atoms with Crippen molar-refractivity contribution in [2.24, 2.45) is 17.6 Å². The Kier molecular flexibility index (Phi) is 5.13. The highest BCUT2D eigenvalue weighted by Crippen LogP contribution is 2.36. The average Bonchev–Trinajstić information content (AvgIpc) is 2.76. The maximum Gasteiger partial charge on any atom is 0.0451 e. The molecule has 0 spiro atoms. The fraction of sp³-hybridized carbons (Fsp3) is 0.600. The van der Waals surface area contributed by atoms with Crippen molar-refractivity contribution in [1.29, 1.82) is 0 Å². The number of nitrogens with zero attached hydrogens (tertiary/aromatic N) is 1. The first-order chi connectivity index (χ1) is 8.74. The minimum Gasteiger partial charge on any atom is -0.327 e. The highest BCUT2D eigenvalue weighted by atomic mass is 35.5. The largest absolute Gasteiger partial charge is 0.327 e. The molecule has 1 saturated heterocycles. The maximum absolute atomic E-state index is 6.25. The first-order valence-electron chi connectivity index (χ1n) is 6.95. The monoisotopic (exact) mass is 300 g/mol. The van der Waals surface area contributed by atoms with Gasteiger partial charge in [-0.1, -0.05) is 36.2 Å². The van der Waals surface area contributed by atoms with Crippen LogP contribution in [0.4, 0.5) is 0 Å². The van der Waals surface area contributed by atoms with Crippen LogP contribution in [0, 0.1) is 11.8 Å². The van der Waals surface area contributed by atoms with Gasteiger partial charge < -0.3 is 5.73 Å². The molecule has 2 aliphatic rings. The zero-order valence-corrected chi connectivity index (χ0v) is 12.7. The Morgan fingerprint density at radius 2 is 2.00 bits per heavy atom. The predicted molar refractivity (Wildman–Crippen MR) is 82.8 cm³/mol. The van der Waals surface area contributed by atoms with E-state index in [1.165, 1.54) is 31.4 Å². The molecule has 2 nitrogen and oxygen atoms in total. The standard InChI is InChI=1S/C15H21ClN2.ClH/c16-14-6-2-1-4-12(14)9-18-8-11-5-3-7-15(17)13(11)10-18;/h1-2,4,6,11,13,15H,3,5,7-10,17H2;1H. The topological polar surface area (TPSA) is 29.3 Å². The summed E-state index contributed by atoms with van der Waals surface area (Å²) in [6, 6.07) is 8.58. The first-order valence-corrected chi connectivity index (χ1v) is 7.33. The Balaban J connectivity index is 0.00000133. The molecule has 19 heavy (non-hydrogen) atoms. The summed E-state index contributed by atoms with van der Waals surface area (Å²) in [5.74, 6) is 1.53. The highest BCUT2D eigenvalue weighted by Gasteiger charge is 2.38. The number of nitrogens with two attached hydrogens (primary N) is 1. The fourth-order valence-corrected chi connectivity index (χ4v) is 3.80. The smallest absolute Gasteiger partial charge is 0.0451 e. The molecule has 2 N–H and O–H groups in total. The molecule has 3 atom stereocenters. The summed E-state index contributed by atoms with van der Waals surface area (Å²) >= 11 is 6.23. The second-order valence-electron chi connectivity index (χ2n) is 5.80. The van der Waals surface area contributed by atoms with E-state index in [1.807, 2.05) is 12.1 Å². The third-order valence-electron chi connectivity index (χ3n) is 4.58. The van der Waals surface area contributed by atoms with Crippen molar-refractivity contribution < 1.29 is 0 Å². The lowest BCUT2D eigenvalue weighted by Gasteiger charge is -2.29. The summed E-state index contributed by atoms with van der Waals surface area (Å²) < 4.78 is 0. The molecule has 1 heterocycles. The van der Waals surface area contributed by atoms with Gasteiger partial charge in [0.2, 0.25) is 0 Å². The Hall–Kier alpha value is -0.280. The van der Waals surface area contributed by atoms with Gasteiger partial charge in [-0.15, -0.1) is 12.4 Å². The maximum atomic E-state index is 6.25. The Labute approximate surface area is 126 Å². The minimum atomic E-state index is 0. The predicted octanol–water partition coefficient (Wildman–Crippen LogP) is 3.32. The molecule has 4 heteroatoms. The van der Waals surface area contributed by atoms with Gasteiger partial charge in [0, 0.05) is 30.7 Å². The van der Waals surface area contributed by atoms with Gasteiger partial charge in [0.15, 0.2) is 0 Å². The van der Waals surface area contributed by atoms with Crippen LogP contribution >= 0.6 is 24.0 Å². The number of hydrogen-bond donors (Lipinski definition) is 1. The number of rotatable bonds is 2. The molecule has 0 bridgehead atoms. The molecule has 3 rings (SSSR count). The van der Waals surface area contributed by atoms with E-state index in [0.29, 0.717) is 12.0 Å². The van der Waals surface area contributed by atoms with E-state index in [0.717, 1.165) is 24.0 Å². The molecular weight excluding hydrogens is 279 g/mol. The molecule has 1 aromatic rings. The Morgan fingerprint density at radius 3 is 2.74 bits per heavy atom. The molecule has 2 fully saturated rings. The fourth-order valence-electron chi connectivity index (χ4n) is 3.61. The Morgan fingerprint density at radius 1 is 1.21 bits per heavy atom. The van der Waals surface area contributed by atoms with Crippen molar-refractivity contribution in [2.75, 3.05) is 13.1 Å². The van der Waals surface area contributed by atoms with Crippen LogP contribution in [0.1, 0.15) is 24.8 Å². The van der Waals surface area contributed by atoms with Crippen molar-refractivity contribution >= 4 is 24.0 Å². The van der Waals surface area contributed by atoms with Crippen LogP contribution in [-0.4, -0.2) is 24.0 Å². The molecule has 1 aliphatic heterocycles. The second-order valence-corrected chi connectivity index (χ2v) is 6.21. The zero-order chi connectivity index (χ0) is 12.5. The van der Waals surface area contributed by atoms with Crippen molar-refractivity contribution in [3.8, 4) is 0 Å². The van der Waals surface area contributed by atoms with Gasteiger partial charge in [0.1, 0.15) is 0 Å². The average molecular weight is 301 g/mol. The van der Waals surface area contributed by atoms with Crippen LogP contribution in [0.5, 0.6) is 0 Å².